The molecule has 2 amide bonds. The van der Waals surface area contributed by atoms with Crippen molar-refractivity contribution in [3.8, 4) is 0 Å². The Hall–Kier alpha value is -2.49. The van der Waals surface area contributed by atoms with Gasteiger partial charge in [0.25, 0.3) is 0 Å². The standard InChI is InChI=1S/C20H21ClFN3O4S/c1-13(26)23-15-4-7-17(8-5-15)30(28,29)25-10-2-3-14(12-25)20(27)24-16-6-9-19(22)18(21)11-16/h4-9,11,14H,2-3,10,12H2,1H3,(H,23,26)(H,24,27)/t14-/m1/s1. The van der Waals surface area contributed by atoms with Gasteiger partial charge < -0.3 is 10.6 Å². The Morgan fingerprint density at radius 2 is 1.77 bits per heavy atom. The third kappa shape index (κ3) is 5.16. The largest absolute Gasteiger partial charge is 0.326 e. The highest BCUT2D eigenvalue weighted by Crippen LogP contribution is 2.26. The summed E-state index contributed by atoms with van der Waals surface area (Å²) >= 11 is 5.74. The molecular formula is C20H21ClFN3O4S. The number of rotatable bonds is 5. The highest BCUT2D eigenvalue weighted by atomic mass is 35.5. The van der Waals surface area contributed by atoms with Crippen molar-refractivity contribution in [3.63, 3.8) is 0 Å². The highest BCUT2D eigenvalue weighted by molar-refractivity contribution is 7.89. The third-order valence-corrected chi connectivity index (χ3v) is 6.92. The zero-order chi connectivity index (χ0) is 21.9. The van der Waals surface area contributed by atoms with E-state index in [1.54, 1.807) is 0 Å². The van der Waals surface area contributed by atoms with E-state index in [0.717, 1.165) is 6.07 Å². The van der Waals surface area contributed by atoms with E-state index in [4.69, 9.17) is 11.6 Å². The number of benzene rings is 2. The van der Waals surface area contributed by atoms with E-state index >= 15 is 0 Å². The molecule has 30 heavy (non-hydrogen) atoms. The summed E-state index contributed by atoms with van der Waals surface area (Å²) in [5.74, 6) is -1.73. The van der Waals surface area contributed by atoms with Crippen LogP contribution in [0.3, 0.4) is 0 Å². The Morgan fingerprint density at radius 3 is 2.40 bits per heavy atom. The molecule has 0 aliphatic carbocycles. The molecule has 3 rings (SSSR count). The number of nitrogens with zero attached hydrogens (tertiary/aromatic N) is 1. The average Bonchev–Trinajstić information content (AvgIpc) is 2.71. The predicted octanol–water partition coefficient (Wildman–Crippen LogP) is 3.48. The minimum Gasteiger partial charge on any atom is -0.326 e. The number of hydrogen-bond acceptors (Lipinski definition) is 4. The molecule has 0 radical (unpaired) electrons. The summed E-state index contributed by atoms with van der Waals surface area (Å²) in [5, 5.41) is 5.14. The van der Waals surface area contributed by atoms with Crippen LogP contribution in [-0.2, 0) is 19.6 Å². The summed E-state index contributed by atoms with van der Waals surface area (Å²) in [7, 11) is -3.79. The first-order valence-electron chi connectivity index (χ1n) is 9.30. The first-order chi connectivity index (χ1) is 14.2. The topological polar surface area (TPSA) is 95.6 Å². The minimum absolute atomic E-state index is 0.0382. The summed E-state index contributed by atoms with van der Waals surface area (Å²) in [6.07, 6.45) is 1.07. The van der Waals surface area contributed by atoms with Crippen LogP contribution in [0, 0.1) is 11.7 Å². The van der Waals surface area contributed by atoms with Gasteiger partial charge in [-0.25, -0.2) is 12.8 Å². The number of sulfonamides is 1. The average molecular weight is 454 g/mol. The second-order valence-electron chi connectivity index (χ2n) is 7.03. The lowest BCUT2D eigenvalue weighted by Gasteiger charge is -2.31. The lowest BCUT2D eigenvalue weighted by molar-refractivity contribution is -0.121. The number of halogens is 2. The van der Waals surface area contributed by atoms with Crippen molar-refractivity contribution in [2.75, 3.05) is 23.7 Å². The number of anilines is 2. The molecule has 2 aromatic rings. The summed E-state index contributed by atoms with van der Waals surface area (Å²) in [4.78, 5) is 23.8. The second kappa shape index (κ2) is 9.11. The molecule has 160 valence electrons. The highest BCUT2D eigenvalue weighted by Gasteiger charge is 2.33. The number of hydrogen-bond donors (Lipinski definition) is 2. The monoisotopic (exact) mass is 453 g/mol. The smallest absolute Gasteiger partial charge is 0.243 e. The van der Waals surface area contributed by atoms with Crippen molar-refractivity contribution >= 4 is 44.8 Å². The fourth-order valence-electron chi connectivity index (χ4n) is 3.26. The van der Waals surface area contributed by atoms with Crippen molar-refractivity contribution in [1.82, 2.24) is 4.31 Å². The second-order valence-corrected chi connectivity index (χ2v) is 9.37. The van der Waals surface area contributed by atoms with Crippen LogP contribution in [-0.4, -0.2) is 37.6 Å². The molecule has 1 fully saturated rings. The van der Waals surface area contributed by atoms with Crippen LogP contribution in [0.4, 0.5) is 15.8 Å². The minimum atomic E-state index is -3.79. The SMILES string of the molecule is CC(=O)Nc1ccc(S(=O)(=O)N2CCC[C@@H](C(=O)Nc3ccc(F)c(Cl)c3)C2)cc1. The maximum Gasteiger partial charge on any atom is 0.243 e. The number of piperidine rings is 1. The van der Waals surface area contributed by atoms with E-state index in [1.807, 2.05) is 0 Å². The molecule has 1 atom stereocenters. The molecule has 2 aromatic carbocycles. The van der Waals surface area contributed by atoms with Crippen LogP contribution in [0.25, 0.3) is 0 Å². The Labute approximate surface area is 179 Å². The van der Waals surface area contributed by atoms with Gasteiger partial charge in [0.05, 0.1) is 15.8 Å². The molecule has 1 aliphatic rings. The molecule has 1 saturated heterocycles. The summed E-state index contributed by atoms with van der Waals surface area (Å²) in [5.41, 5.74) is 0.843. The fraction of sp³-hybridized carbons (Fsp3) is 0.300. The van der Waals surface area contributed by atoms with Gasteiger partial charge in [-0.15, -0.1) is 0 Å². The van der Waals surface area contributed by atoms with Crippen LogP contribution >= 0.6 is 11.6 Å². The van der Waals surface area contributed by atoms with E-state index in [9.17, 15) is 22.4 Å². The van der Waals surface area contributed by atoms with Gasteiger partial charge in [0, 0.05) is 31.4 Å². The van der Waals surface area contributed by atoms with E-state index < -0.39 is 21.8 Å². The molecule has 0 spiro atoms. The first-order valence-corrected chi connectivity index (χ1v) is 11.1. The molecule has 0 unspecified atom stereocenters. The normalized spacial score (nSPS) is 17.4. The lowest BCUT2D eigenvalue weighted by Crippen LogP contribution is -2.43. The molecule has 1 aliphatic heterocycles. The van der Waals surface area contributed by atoms with E-state index in [-0.39, 0.29) is 28.3 Å². The molecule has 7 nitrogen and oxygen atoms in total. The third-order valence-electron chi connectivity index (χ3n) is 4.75. The van der Waals surface area contributed by atoms with Gasteiger partial charge in [0.15, 0.2) is 0 Å². The zero-order valence-corrected chi connectivity index (χ0v) is 17.8. The van der Waals surface area contributed by atoms with Gasteiger partial charge >= 0.3 is 0 Å². The summed E-state index contributed by atoms with van der Waals surface area (Å²) < 4.78 is 40.5. The quantitative estimate of drug-likeness (QED) is 0.724. The van der Waals surface area contributed by atoms with Gasteiger partial charge in [-0.2, -0.15) is 4.31 Å². The van der Waals surface area contributed by atoms with Crippen LogP contribution in [0.15, 0.2) is 47.4 Å². The van der Waals surface area contributed by atoms with E-state index in [0.29, 0.717) is 30.8 Å². The van der Waals surface area contributed by atoms with Crippen molar-refractivity contribution < 1.29 is 22.4 Å². The molecule has 0 saturated carbocycles. The number of carbonyl (C=O) groups is 2. The number of nitrogens with one attached hydrogen (secondary N) is 2. The van der Waals surface area contributed by atoms with E-state index in [1.165, 1.54) is 47.6 Å². The lowest BCUT2D eigenvalue weighted by atomic mass is 9.99. The maximum absolute atomic E-state index is 13.3. The first kappa shape index (κ1) is 22.2. The van der Waals surface area contributed by atoms with Crippen molar-refractivity contribution in [1.29, 1.82) is 0 Å². The summed E-state index contributed by atoms with van der Waals surface area (Å²) in [6.45, 7) is 1.71. The Balaban J connectivity index is 1.70. The van der Waals surface area contributed by atoms with Crippen LogP contribution in [0.1, 0.15) is 19.8 Å². The maximum atomic E-state index is 13.3. The molecule has 1 heterocycles. The zero-order valence-electron chi connectivity index (χ0n) is 16.2. The van der Waals surface area contributed by atoms with Gasteiger partial charge in [-0.05, 0) is 55.3 Å². The van der Waals surface area contributed by atoms with Crippen molar-refractivity contribution in [2.45, 2.75) is 24.7 Å². The van der Waals surface area contributed by atoms with Gasteiger partial charge in [0.2, 0.25) is 21.8 Å². The predicted molar refractivity (Wildman–Crippen MR) is 112 cm³/mol. The van der Waals surface area contributed by atoms with E-state index in [2.05, 4.69) is 10.6 Å². The summed E-state index contributed by atoms with van der Waals surface area (Å²) in [6, 6.07) is 9.73. The van der Waals surface area contributed by atoms with Crippen molar-refractivity contribution in [2.24, 2.45) is 5.92 Å². The Morgan fingerprint density at radius 1 is 1.10 bits per heavy atom. The van der Waals surface area contributed by atoms with Gasteiger partial charge in [-0.3, -0.25) is 9.59 Å². The number of amides is 2. The molecule has 2 N–H and O–H groups in total. The Kier molecular flexibility index (Phi) is 6.74. The molecule has 10 heteroatoms. The fourth-order valence-corrected chi connectivity index (χ4v) is 4.96. The molecule has 0 bridgehead atoms. The number of carbonyl (C=O) groups excluding carboxylic acids is 2. The van der Waals surface area contributed by atoms with Gasteiger partial charge in [0.1, 0.15) is 5.82 Å². The van der Waals surface area contributed by atoms with Crippen LogP contribution < -0.4 is 10.6 Å². The molecule has 0 aromatic heterocycles. The Bertz CT molecular complexity index is 1060. The molecular weight excluding hydrogens is 433 g/mol. The van der Waals surface area contributed by atoms with Crippen LogP contribution in [0.5, 0.6) is 0 Å². The van der Waals surface area contributed by atoms with Gasteiger partial charge in [-0.1, -0.05) is 11.6 Å². The van der Waals surface area contributed by atoms with Crippen LogP contribution in [0.2, 0.25) is 5.02 Å². The van der Waals surface area contributed by atoms with Crippen molar-refractivity contribution in [3.05, 3.63) is 53.3 Å².